The van der Waals surface area contributed by atoms with Crippen LogP contribution < -0.4 is 0 Å². The third kappa shape index (κ3) is 25.1. The summed E-state index contributed by atoms with van der Waals surface area (Å²) in [6.07, 6.45) is 2.95. The van der Waals surface area contributed by atoms with Gasteiger partial charge in [0.2, 0.25) is 0 Å². The number of epoxide rings is 2. The van der Waals surface area contributed by atoms with E-state index in [0.29, 0.717) is 24.6 Å². The van der Waals surface area contributed by atoms with E-state index in [1.807, 2.05) is 97.9 Å². The Morgan fingerprint density at radius 2 is 0.886 bits per heavy atom. The molecule has 0 aromatic heterocycles. The largest absolute Gasteiger partial charge is 0.463 e. The van der Waals surface area contributed by atoms with Crippen molar-refractivity contribution in [2.24, 2.45) is 0 Å². The molecule has 1 saturated carbocycles. The van der Waals surface area contributed by atoms with Gasteiger partial charge >= 0.3 is 0 Å². The van der Waals surface area contributed by atoms with Gasteiger partial charge in [0.05, 0.1) is 61.6 Å². The number of halogens is 7. The highest BCUT2D eigenvalue weighted by Crippen LogP contribution is 2.41. The fourth-order valence-electron chi connectivity index (χ4n) is 7.26. The Morgan fingerprint density at radius 3 is 1.31 bits per heavy atom. The summed E-state index contributed by atoms with van der Waals surface area (Å²) in [6.45, 7) is 2.09. The number of rotatable bonds is 22. The van der Waals surface area contributed by atoms with Gasteiger partial charge in [0.1, 0.15) is 49.5 Å². The lowest BCUT2D eigenvalue weighted by atomic mass is 10.1. The summed E-state index contributed by atoms with van der Waals surface area (Å²) in [5.74, 6) is -7.08. The van der Waals surface area contributed by atoms with Crippen molar-refractivity contribution in [1.29, 1.82) is 0 Å². The normalized spacial score (nSPS) is 14.5. The highest BCUT2D eigenvalue weighted by Gasteiger charge is 2.37. The lowest BCUT2D eigenvalue weighted by Crippen LogP contribution is -2.09. The van der Waals surface area contributed by atoms with Gasteiger partial charge in [-0.25, -0.2) is 30.7 Å². The molecule has 7 aromatic carbocycles. The minimum absolute atomic E-state index is 0.0108. The number of hydrogen-bond acceptors (Lipinski definition) is 17. The molecular formula is C61H59F7O17S3. The van der Waals surface area contributed by atoms with Crippen LogP contribution in [0.3, 0.4) is 0 Å². The predicted octanol–water partition coefficient (Wildman–Crippen LogP) is 11.3. The third-order valence-electron chi connectivity index (χ3n) is 12.0. The van der Waals surface area contributed by atoms with Gasteiger partial charge in [0.15, 0.2) is 23.3 Å². The zero-order valence-corrected chi connectivity index (χ0v) is 49.7. The number of benzene rings is 7. The molecule has 27 heteroatoms. The number of hydrogen-bond donors (Lipinski definition) is 0. The van der Waals surface area contributed by atoms with Crippen LogP contribution in [0.2, 0.25) is 0 Å². The quantitative estimate of drug-likeness (QED) is 0.0153. The summed E-state index contributed by atoms with van der Waals surface area (Å²) in [5.41, 5.74) is 3.52. The number of aryl methyl sites for hydroxylation is 1. The van der Waals surface area contributed by atoms with Crippen LogP contribution in [0.15, 0.2) is 150 Å². The molecule has 0 spiro atoms. The van der Waals surface area contributed by atoms with Gasteiger partial charge in [-0.05, 0) is 83.8 Å². The molecule has 3 fully saturated rings. The Labute approximate surface area is 504 Å². The van der Waals surface area contributed by atoms with Crippen molar-refractivity contribution in [2.45, 2.75) is 82.4 Å². The van der Waals surface area contributed by atoms with Gasteiger partial charge in [-0.15, -0.1) is 0 Å². The SMILES string of the molecule is CS(=O)(=O)OCc1ccccc1.CS(=O)(=O)OCc1ccccc1.Cc1ccc(S(=O)(=O)OCc2ccccc2)cc1.O=COCc1c(F)c(F)c(C2CO2)c(F)c1F.O=COCc1cc(F)c(C2CO2)cc1F.O=COCc1ccc(C2CC2)c(F)c1. The molecular weight excluding hydrogens is 1230 g/mol. The minimum atomic E-state index is -3.68. The van der Waals surface area contributed by atoms with Crippen molar-refractivity contribution in [3.05, 3.63) is 242 Å². The molecule has 2 unspecified atom stereocenters. The van der Waals surface area contributed by atoms with Gasteiger partial charge in [0.25, 0.3) is 49.8 Å². The van der Waals surface area contributed by atoms with Gasteiger partial charge in [-0.2, -0.15) is 25.3 Å². The fraction of sp³-hybridized carbons (Fsp3) is 0.262. The number of carbonyl (C=O) groups excluding carboxylic acids is 3. The first-order chi connectivity index (χ1) is 41.8. The van der Waals surface area contributed by atoms with Gasteiger partial charge in [-0.3, -0.25) is 26.9 Å². The van der Waals surface area contributed by atoms with Crippen molar-refractivity contribution in [3.63, 3.8) is 0 Å². The van der Waals surface area contributed by atoms with E-state index < -0.39 is 89.1 Å². The smallest absolute Gasteiger partial charge is 0.297 e. The third-order valence-corrected chi connectivity index (χ3v) is 14.4. The Balaban J connectivity index is 0.000000194. The molecule has 88 heavy (non-hydrogen) atoms. The van der Waals surface area contributed by atoms with E-state index in [1.165, 1.54) is 6.07 Å². The summed E-state index contributed by atoms with van der Waals surface area (Å²) < 4.78 is 196. The molecule has 0 bridgehead atoms. The first-order valence-electron chi connectivity index (χ1n) is 26.1. The second kappa shape index (κ2) is 34.6. The summed E-state index contributed by atoms with van der Waals surface area (Å²) in [7, 11) is -10.3. The predicted molar refractivity (Wildman–Crippen MR) is 303 cm³/mol. The van der Waals surface area contributed by atoms with Gasteiger partial charge in [0, 0.05) is 11.1 Å². The van der Waals surface area contributed by atoms with E-state index in [4.69, 9.17) is 8.92 Å². The summed E-state index contributed by atoms with van der Waals surface area (Å²) in [4.78, 5) is 29.9. The van der Waals surface area contributed by atoms with E-state index in [2.05, 4.69) is 27.3 Å². The molecule has 0 amide bonds. The van der Waals surface area contributed by atoms with Crippen LogP contribution in [0.25, 0.3) is 0 Å². The topological polar surface area (TPSA) is 234 Å². The molecule has 17 nitrogen and oxygen atoms in total. The second-order valence-corrected chi connectivity index (χ2v) is 23.9. The van der Waals surface area contributed by atoms with Crippen LogP contribution in [-0.2, 0) is 121 Å². The first-order valence-corrected chi connectivity index (χ1v) is 31.1. The minimum Gasteiger partial charge on any atom is -0.463 e. The second-order valence-electron chi connectivity index (χ2n) is 19.0. The molecule has 2 heterocycles. The summed E-state index contributed by atoms with van der Waals surface area (Å²) in [6, 6.07) is 41.3. The maximum atomic E-state index is 13.4. The average Bonchev–Trinajstić information content (AvgIpc) is 3.05. The molecule has 0 N–H and O–H groups in total. The molecule has 3 aliphatic rings. The Morgan fingerprint density at radius 1 is 0.455 bits per heavy atom. The Bertz CT molecular complexity index is 3630. The van der Waals surface area contributed by atoms with Gasteiger partial charge < -0.3 is 23.7 Å². The van der Waals surface area contributed by atoms with Crippen molar-refractivity contribution in [2.75, 3.05) is 25.7 Å². The van der Waals surface area contributed by atoms with Crippen LogP contribution >= 0.6 is 0 Å². The Kier molecular flexibility index (Phi) is 27.9. The maximum absolute atomic E-state index is 13.4. The van der Waals surface area contributed by atoms with Crippen LogP contribution in [-0.4, -0.2) is 70.4 Å². The number of carbonyl (C=O) groups is 3. The molecule has 0 radical (unpaired) electrons. The fourth-order valence-corrected chi connectivity index (χ4v) is 8.85. The van der Waals surface area contributed by atoms with Crippen LogP contribution in [0, 0.1) is 47.6 Å². The number of ether oxygens (including phenoxy) is 5. The van der Waals surface area contributed by atoms with Crippen LogP contribution in [0.4, 0.5) is 30.7 Å². The molecule has 10 rings (SSSR count). The summed E-state index contributed by atoms with van der Waals surface area (Å²) in [5, 5.41) is 0. The van der Waals surface area contributed by atoms with Crippen molar-refractivity contribution >= 4 is 49.8 Å². The monoisotopic (exact) mass is 1290 g/mol. The standard InChI is InChI=1S/C14H14O3S.C11H11FO2.C10H6F4O3.C10H8F2O3.2C8H10O3S/c1-12-7-9-14(10-8-12)18(15,16)17-11-13-5-3-2-4-6-13;12-11-5-8(6-14-7-13)1-4-10(11)9-2-3-9;11-7-4(1-16-3-15)8(12)10(14)6(9(7)13)5-2-17-5;11-8-2-7(10-4-15-10)9(12)1-6(8)3-14-5-13;2*1-12(9,10)11-7-8-5-3-2-4-6-8/h2-10H,11H2,1H3;1,4-5,7,9H,2-3,6H2;3,5H,1-2H2;1-2,5,10H,3-4H2;2*2-6H,7H2,1H3. The van der Waals surface area contributed by atoms with Gasteiger partial charge in [-0.1, -0.05) is 121 Å². The molecule has 2 aliphatic heterocycles. The molecule has 1 aliphatic carbocycles. The lowest BCUT2D eigenvalue weighted by molar-refractivity contribution is -0.130. The summed E-state index contributed by atoms with van der Waals surface area (Å²) >= 11 is 0. The highest BCUT2D eigenvalue weighted by atomic mass is 32.2. The van der Waals surface area contributed by atoms with E-state index in [0.717, 1.165) is 65.3 Å². The lowest BCUT2D eigenvalue weighted by Gasteiger charge is -2.09. The van der Waals surface area contributed by atoms with Crippen molar-refractivity contribution in [1.82, 2.24) is 0 Å². The van der Waals surface area contributed by atoms with E-state index in [1.54, 1.807) is 36.4 Å². The zero-order valence-electron chi connectivity index (χ0n) is 47.2. The van der Waals surface area contributed by atoms with Crippen molar-refractivity contribution < 1.29 is 107 Å². The molecule has 472 valence electrons. The molecule has 2 saturated heterocycles. The van der Waals surface area contributed by atoms with Crippen LogP contribution in [0.1, 0.15) is 86.6 Å². The highest BCUT2D eigenvalue weighted by molar-refractivity contribution is 7.87. The van der Waals surface area contributed by atoms with E-state index in [9.17, 15) is 70.4 Å². The van der Waals surface area contributed by atoms with Crippen molar-refractivity contribution in [3.8, 4) is 0 Å². The molecule has 2 atom stereocenters. The maximum Gasteiger partial charge on any atom is 0.297 e. The van der Waals surface area contributed by atoms with E-state index in [-0.39, 0.29) is 80.5 Å². The van der Waals surface area contributed by atoms with E-state index >= 15 is 0 Å². The zero-order chi connectivity index (χ0) is 64.4. The molecule has 7 aromatic rings. The Hall–Kier alpha value is -7.89. The average molecular weight is 1290 g/mol. The van der Waals surface area contributed by atoms with Crippen LogP contribution in [0.5, 0.6) is 0 Å². The first kappa shape index (κ1) is 70.9.